The molecule has 0 bridgehead atoms. The number of benzene rings is 1. The minimum absolute atomic E-state index is 0.625. The van der Waals surface area contributed by atoms with E-state index < -0.39 is 0 Å². The van der Waals surface area contributed by atoms with Crippen LogP contribution < -0.4 is 0 Å². The molecule has 0 unspecified atom stereocenters. The zero-order valence-corrected chi connectivity index (χ0v) is 13.5. The van der Waals surface area contributed by atoms with Gasteiger partial charge in [-0.1, -0.05) is 51.2 Å². The number of halogens is 1. The van der Waals surface area contributed by atoms with E-state index in [2.05, 4.69) is 48.2 Å². The van der Waals surface area contributed by atoms with Gasteiger partial charge in [0, 0.05) is 22.6 Å². The summed E-state index contributed by atoms with van der Waals surface area (Å²) in [6, 6.07) is 10.1. The Kier molecular flexibility index (Phi) is 4.39. The summed E-state index contributed by atoms with van der Waals surface area (Å²) in [5, 5.41) is 9.05. The van der Waals surface area contributed by atoms with Gasteiger partial charge in [0.2, 0.25) is 0 Å². The first-order chi connectivity index (χ1) is 9.81. The monoisotopic (exact) mass is 364 g/mol. The molecule has 3 aromatic rings. The van der Waals surface area contributed by atoms with Crippen LogP contribution in [0.4, 0.5) is 0 Å². The molecule has 0 amide bonds. The zero-order chi connectivity index (χ0) is 13.8. The van der Waals surface area contributed by atoms with E-state index in [9.17, 15) is 0 Å². The summed E-state index contributed by atoms with van der Waals surface area (Å²) in [5.74, 6) is 1.50. The summed E-state index contributed by atoms with van der Waals surface area (Å²) in [6.45, 7) is 0. The standard InChI is InChI=1S/C13H9BrN4S2/c14-10-4-2-9(3-5-10)8-19-13-18-17-12(20-13)11-15-6-1-7-16-11/h1-7H,8H2. The quantitative estimate of drug-likeness (QED) is 0.653. The Morgan fingerprint density at radius 1 is 1.05 bits per heavy atom. The molecule has 2 heterocycles. The molecule has 0 aliphatic heterocycles. The van der Waals surface area contributed by atoms with Crippen LogP contribution in [-0.4, -0.2) is 20.2 Å². The molecule has 0 N–H and O–H groups in total. The highest BCUT2D eigenvalue weighted by Gasteiger charge is 2.09. The van der Waals surface area contributed by atoms with Crippen molar-refractivity contribution in [3.05, 3.63) is 52.8 Å². The third-order valence-corrected chi connectivity index (χ3v) is 5.09. The molecule has 4 nitrogen and oxygen atoms in total. The van der Waals surface area contributed by atoms with Gasteiger partial charge in [0.1, 0.15) is 0 Å². The maximum absolute atomic E-state index is 4.17. The van der Waals surface area contributed by atoms with Crippen LogP contribution in [0, 0.1) is 0 Å². The number of thioether (sulfide) groups is 1. The summed E-state index contributed by atoms with van der Waals surface area (Å²) < 4.78 is 2.01. The van der Waals surface area contributed by atoms with E-state index in [1.165, 1.54) is 16.9 Å². The fraction of sp³-hybridized carbons (Fsp3) is 0.0769. The van der Waals surface area contributed by atoms with E-state index in [-0.39, 0.29) is 0 Å². The molecule has 100 valence electrons. The van der Waals surface area contributed by atoms with Crippen molar-refractivity contribution in [3.63, 3.8) is 0 Å². The minimum atomic E-state index is 0.625. The first-order valence-electron chi connectivity index (χ1n) is 5.79. The highest BCUT2D eigenvalue weighted by molar-refractivity contribution is 9.10. The van der Waals surface area contributed by atoms with Crippen molar-refractivity contribution >= 4 is 39.0 Å². The van der Waals surface area contributed by atoms with Gasteiger partial charge < -0.3 is 0 Å². The molecule has 0 saturated carbocycles. The zero-order valence-electron chi connectivity index (χ0n) is 10.2. The largest absolute Gasteiger partial charge is 0.234 e. The lowest BCUT2D eigenvalue weighted by molar-refractivity contribution is 1.00. The summed E-state index contributed by atoms with van der Waals surface area (Å²) in [4.78, 5) is 8.35. The van der Waals surface area contributed by atoms with Crippen molar-refractivity contribution in [1.82, 2.24) is 20.2 Å². The van der Waals surface area contributed by atoms with Crippen LogP contribution in [0.1, 0.15) is 5.56 Å². The van der Waals surface area contributed by atoms with Gasteiger partial charge in [-0.05, 0) is 23.8 Å². The van der Waals surface area contributed by atoms with Crippen molar-refractivity contribution in [2.45, 2.75) is 10.1 Å². The van der Waals surface area contributed by atoms with Gasteiger partial charge in [-0.3, -0.25) is 0 Å². The summed E-state index contributed by atoms with van der Waals surface area (Å²) in [7, 11) is 0. The molecule has 7 heteroatoms. The van der Waals surface area contributed by atoms with E-state index in [1.807, 2.05) is 12.1 Å². The molecule has 2 aromatic heterocycles. The number of hydrogen-bond acceptors (Lipinski definition) is 6. The van der Waals surface area contributed by atoms with Crippen LogP contribution in [0.25, 0.3) is 10.8 Å². The molecular formula is C13H9BrN4S2. The Bertz CT molecular complexity index is 685. The molecule has 0 aliphatic rings. The Balaban J connectivity index is 1.67. The maximum atomic E-state index is 4.17. The van der Waals surface area contributed by atoms with Crippen LogP contribution in [0.15, 0.2) is 51.5 Å². The second kappa shape index (κ2) is 6.43. The number of nitrogens with zero attached hydrogens (tertiary/aromatic N) is 4. The third kappa shape index (κ3) is 3.41. The van der Waals surface area contributed by atoms with E-state index in [0.29, 0.717) is 5.82 Å². The first-order valence-corrected chi connectivity index (χ1v) is 8.39. The van der Waals surface area contributed by atoms with Gasteiger partial charge in [-0.15, -0.1) is 10.2 Å². The second-order valence-corrected chi connectivity index (χ2v) is 6.98. The molecule has 3 rings (SSSR count). The van der Waals surface area contributed by atoms with E-state index in [4.69, 9.17) is 0 Å². The van der Waals surface area contributed by atoms with Crippen molar-refractivity contribution in [2.75, 3.05) is 0 Å². The number of aromatic nitrogens is 4. The Morgan fingerprint density at radius 2 is 1.80 bits per heavy atom. The lowest BCUT2D eigenvalue weighted by Crippen LogP contribution is -1.85. The van der Waals surface area contributed by atoms with Gasteiger partial charge >= 0.3 is 0 Å². The lowest BCUT2D eigenvalue weighted by Gasteiger charge is -1.98. The molecule has 0 saturated heterocycles. The van der Waals surface area contributed by atoms with Gasteiger partial charge in [-0.25, -0.2) is 9.97 Å². The summed E-state index contributed by atoms with van der Waals surface area (Å²) >= 11 is 6.61. The topological polar surface area (TPSA) is 51.6 Å². The molecule has 1 aromatic carbocycles. The van der Waals surface area contributed by atoms with Gasteiger partial charge in [0.15, 0.2) is 15.2 Å². The van der Waals surface area contributed by atoms with E-state index in [0.717, 1.165) is 19.6 Å². The summed E-state index contributed by atoms with van der Waals surface area (Å²) in [5.41, 5.74) is 1.26. The number of rotatable bonds is 4. The molecule has 0 fully saturated rings. The molecule has 0 atom stereocenters. The fourth-order valence-corrected chi connectivity index (χ4v) is 3.51. The van der Waals surface area contributed by atoms with E-state index in [1.54, 1.807) is 30.2 Å². The Morgan fingerprint density at radius 3 is 2.55 bits per heavy atom. The molecule has 0 aliphatic carbocycles. The molecule has 0 spiro atoms. The highest BCUT2D eigenvalue weighted by atomic mass is 79.9. The van der Waals surface area contributed by atoms with Crippen LogP contribution in [-0.2, 0) is 5.75 Å². The second-order valence-electron chi connectivity index (χ2n) is 3.86. The predicted octanol–water partition coefficient (Wildman–Crippen LogP) is 4.05. The predicted molar refractivity (Wildman–Crippen MR) is 84.6 cm³/mol. The normalized spacial score (nSPS) is 10.7. The fourth-order valence-electron chi connectivity index (χ4n) is 1.49. The average Bonchev–Trinajstić information content (AvgIpc) is 2.97. The first kappa shape index (κ1) is 13.7. The van der Waals surface area contributed by atoms with Crippen molar-refractivity contribution < 1.29 is 0 Å². The van der Waals surface area contributed by atoms with Crippen molar-refractivity contribution in [1.29, 1.82) is 0 Å². The smallest absolute Gasteiger partial charge is 0.190 e. The summed E-state index contributed by atoms with van der Waals surface area (Å²) in [6.07, 6.45) is 3.41. The van der Waals surface area contributed by atoms with Gasteiger partial charge in [-0.2, -0.15) is 0 Å². The van der Waals surface area contributed by atoms with Crippen molar-refractivity contribution in [2.24, 2.45) is 0 Å². The minimum Gasteiger partial charge on any atom is -0.234 e. The van der Waals surface area contributed by atoms with Crippen molar-refractivity contribution in [3.8, 4) is 10.8 Å². The SMILES string of the molecule is Brc1ccc(CSc2nnc(-c3ncccn3)s2)cc1. The van der Waals surface area contributed by atoms with Gasteiger partial charge in [0.25, 0.3) is 0 Å². The highest BCUT2D eigenvalue weighted by Crippen LogP contribution is 2.29. The van der Waals surface area contributed by atoms with Crippen LogP contribution in [0.5, 0.6) is 0 Å². The van der Waals surface area contributed by atoms with Gasteiger partial charge in [0.05, 0.1) is 0 Å². The third-order valence-electron chi connectivity index (χ3n) is 2.44. The Hall–Kier alpha value is -1.31. The van der Waals surface area contributed by atoms with Crippen LogP contribution >= 0.6 is 39.0 Å². The number of hydrogen-bond donors (Lipinski definition) is 0. The van der Waals surface area contributed by atoms with E-state index >= 15 is 0 Å². The maximum Gasteiger partial charge on any atom is 0.190 e. The van der Waals surface area contributed by atoms with Crippen LogP contribution in [0.2, 0.25) is 0 Å². The average molecular weight is 365 g/mol. The molecular weight excluding hydrogens is 356 g/mol. The molecule has 20 heavy (non-hydrogen) atoms. The molecule has 0 radical (unpaired) electrons. The van der Waals surface area contributed by atoms with Crippen LogP contribution in [0.3, 0.4) is 0 Å². The Labute approximate surface area is 132 Å². The lowest BCUT2D eigenvalue weighted by atomic mass is 10.2.